The number of rotatable bonds is 4. The molecule has 2 rings (SSSR count). The number of thiophene rings is 1. The van der Waals surface area contributed by atoms with E-state index in [-0.39, 0.29) is 22.0 Å². The Hall–Kier alpha value is -2.55. The summed E-state index contributed by atoms with van der Waals surface area (Å²) in [5.41, 5.74) is 8.97. The van der Waals surface area contributed by atoms with Crippen molar-refractivity contribution in [1.29, 1.82) is 0 Å². The predicted molar refractivity (Wildman–Crippen MR) is 76.1 cm³/mol. The van der Waals surface area contributed by atoms with Crippen LogP contribution < -0.4 is 11.5 Å². The normalized spacial score (nSPS) is 13.4. The number of aliphatic imine (C=N–C) groups is 1. The number of nitrogens with zero attached hydrogens (tertiary/aromatic N) is 1. The smallest absolute Gasteiger partial charge is 0.430 e. The van der Waals surface area contributed by atoms with E-state index in [1.165, 1.54) is 29.8 Å². The van der Waals surface area contributed by atoms with E-state index in [2.05, 4.69) is 4.99 Å². The van der Waals surface area contributed by atoms with E-state index in [4.69, 9.17) is 15.9 Å². The molecule has 9 heteroatoms. The fraction of sp³-hybridized carbons (Fsp3) is 0.0769. The van der Waals surface area contributed by atoms with Crippen molar-refractivity contribution in [1.82, 2.24) is 0 Å². The lowest BCUT2D eigenvalue weighted by Gasteiger charge is -2.06. The minimum Gasteiger partial charge on any atom is -0.463 e. The van der Waals surface area contributed by atoms with Crippen molar-refractivity contribution < 1.29 is 22.4 Å². The van der Waals surface area contributed by atoms with Crippen molar-refractivity contribution in [2.75, 3.05) is 0 Å². The Balaban J connectivity index is 2.45. The van der Waals surface area contributed by atoms with Gasteiger partial charge in [-0.25, -0.2) is 4.99 Å². The average molecular weight is 329 g/mol. The number of hydrogen-bond acceptors (Lipinski definition) is 5. The van der Waals surface area contributed by atoms with Gasteiger partial charge in [0.25, 0.3) is 5.91 Å². The highest BCUT2D eigenvalue weighted by molar-refractivity contribution is 7.12. The van der Waals surface area contributed by atoms with Crippen molar-refractivity contribution in [2.24, 2.45) is 16.5 Å². The van der Waals surface area contributed by atoms with Crippen LogP contribution in [0.4, 0.5) is 18.9 Å². The molecule has 22 heavy (non-hydrogen) atoms. The summed E-state index contributed by atoms with van der Waals surface area (Å²) in [6, 6.07) is 4.32. The van der Waals surface area contributed by atoms with Gasteiger partial charge in [-0.05, 0) is 24.3 Å². The molecule has 0 radical (unpaired) electrons. The Kier molecular flexibility index (Phi) is 4.36. The molecule has 2 heterocycles. The second-order valence-corrected chi connectivity index (χ2v) is 5.02. The zero-order valence-electron chi connectivity index (χ0n) is 10.9. The molecule has 116 valence electrons. The Bertz CT molecular complexity index is 730. The monoisotopic (exact) mass is 329 g/mol. The number of alkyl halides is 3. The summed E-state index contributed by atoms with van der Waals surface area (Å²) in [4.78, 5) is 15.3. The molecule has 0 aliphatic heterocycles. The summed E-state index contributed by atoms with van der Waals surface area (Å²) in [5.74, 6) is -0.532. The lowest BCUT2D eigenvalue weighted by molar-refractivity contribution is -0.0925. The van der Waals surface area contributed by atoms with Gasteiger partial charge < -0.3 is 15.9 Å². The minimum absolute atomic E-state index is 0.110. The second-order valence-electron chi connectivity index (χ2n) is 4.11. The summed E-state index contributed by atoms with van der Waals surface area (Å²) >= 11 is 1.03. The molecule has 4 N–H and O–H groups in total. The molecule has 1 amide bonds. The van der Waals surface area contributed by atoms with Crippen molar-refractivity contribution in [3.63, 3.8) is 0 Å². The Morgan fingerprint density at radius 3 is 2.59 bits per heavy atom. The quantitative estimate of drug-likeness (QED) is 0.844. The lowest BCUT2D eigenvalue weighted by Crippen LogP contribution is -2.20. The largest absolute Gasteiger partial charge is 0.463 e. The highest BCUT2D eigenvalue weighted by atomic mass is 32.1. The van der Waals surface area contributed by atoms with E-state index < -0.39 is 17.8 Å². The SMILES string of the molecule is NC(=O)c1cc(N=C(/C=C(\N)C(F)(F)F)c2ccco2)cs1. The first kappa shape index (κ1) is 15.8. The van der Waals surface area contributed by atoms with Gasteiger partial charge in [0.1, 0.15) is 11.4 Å². The molecule has 0 saturated heterocycles. The number of amides is 1. The summed E-state index contributed by atoms with van der Waals surface area (Å²) in [6.07, 6.45) is -2.72. The molecule has 0 unspecified atom stereocenters. The zero-order valence-corrected chi connectivity index (χ0v) is 11.7. The third-order valence-electron chi connectivity index (χ3n) is 2.47. The average Bonchev–Trinajstić information content (AvgIpc) is 3.08. The number of carbonyl (C=O) groups excluding carboxylic acids is 1. The van der Waals surface area contributed by atoms with Crippen LogP contribution >= 0.6 is 11.3 Å². The van der Waals surface area contributed by atoms with Crippen molar-refractivity contribution in [3.05, 3.63) is 52.3 Å². The molecule has 0 aliphatic carbocycles. The molecule has 0 atom stereocenters. The van der Waals surface area contributed by atoms with Crippen molar-refractivity contribution in [2.45, 2.75) is 6.18 Å². The second kappa shape index (κ2) is 6.06. The number of hydrogen-bond donors (Lipinski definition) is 2. The van der Waals surface area contributed by atoms with Crippen LogP contribution in [0.5, 0.6) is 0 Å². The number of carbonyl (C=O) groups is 1. The maximum absolute atomic E-state index is 12.6. The fourth-order valence-corrected chi connectivity index (χ4v) is 2.14. The van der Waals surface area contributed by atoms with E-state index in [0.717, 1.165) is 11.3 Å². The first-order chi connectivity index (χ1) is 10.3. The topological polar surface area (TPSA) is 94.6 Å². The molecule has 0 saturated carbocycles. The first-order valence-corrected chi connectivity index (χ1v) is 6.70. The van der Waals surface area contributed by atoms with Crippen molar-refractivity contribution in [3.8, 4) is 0 Å². The molecule has 5 nitrogen and oxygen atoms in total. The summed E-state index contributed by atoms with van der Waals surface area (Å²) in [7, 11) is 0. The van der Waals surface area contributed by atoms with E-state index in [9.17, 15) is 18.0 Å². The highest BCUT2D eigenvalue weighted by Gasteiger charge is 2.32. The lowest BCUT2D eigenvalue weighted by atomic mass is 10.2. The third-order valence-corrected chi connectivity index (χ3v) is 3.40. The fourth-order valence-electron chi connectivity index (χ4n) is 1.47. The van der Waals surface area contributed by atoms with Crippen LogP contribution in [-0.4, -0.2) is 17.8 Å². The Morgan fingerprint density at radius 1 is 1.36 bits per heavy atom. The van der Waals surface area contributed by atoms with Crippen molar-refractivity contribution >= 4 is 28.6 Å². The van der Waals surface area contributed by atoms with Crippen LogP contribution in [0.2, 0.25) is 0 Å². The van der Waals surface area contributed by atoms with Crippen LogP contribution in [0.25, 0.3) is 0 Å². The number of halogens is 3. The molecule has 2 aromatic heterocycles. The summed E-state index contributed by atoms with van der Waals surface area (Å²) in [5, 5.41) is 1.49. The van der Waals surface area contributed by atoms with Crippen LogP contribution in [0.1, 0.15) is 15.4 Å². The number of primary amides is 1. The van der Waals surface area contributed by atoms with Gasteiger partial charge in [0.05, 0.1) is 16.8 Å². The molecule has 0 aromatic carbocycles. The number of allylic oxidation sites excluding steroid dienone is 2. The number of nitrogens with two attached hydrogens (primary N) is 2. The molecule has 0 fully saturated rings. The van der Waals surface area contributed by atoms with Crippen LogP contribution in [0.3, 0.4) is 0 Å². The molecular formula is C13H10F3N3O2S. The molecular weight excluding hydrogens is 319 g/mol. The van der Waals surface area contributed by atoms with Gasteiger partial charge in [0.15, 0.2) is 5.76 Å². The molecule has 0 bridgehead atoms. The maximum Gasteiger partial charge on any atom is 0.430 e. The summed E-state index contributed by atoms with van der Waals surface area (Å²) < 4.78 is 42.7. The maximum atomic E-state index is 12.6. The van der Waals surface area contributed by atoms with Gasteiger partial charge in [-0.3, -0.25) is 4.79 Å². The summed E-state index contributed by atoms with van der Waals surface area (Å²) in [6.45, 7) is 0. The standard InChI is InChI=1S/C13H10F3N3O2S/c14-13(15,16)11(17)5-8(9-2-1-3-21-9)19-7-4-10(12(18)20)22-6-7/h1-6H,17H2,(H2,18,20)/b11-5-,19-8?. The van der Waals surface area contributed by atoms with Crippen LogP contribution in [0.15, 0.2) is 51.0 Å². The van der Waals surface area contributed by atoms with E-state index >= 15 is 0 Å². The van der Waals surface area contributed by atoms with E-state index in [1.54, 1.807) is 0 Å². The van der Waals surface area contributed by atoms with Crippen LogP contribution in [-0.2, 0) is 0 Å². The Morgan fingerprint density at radius 2 is 2.09 bits per heavy atom. The van der Waals surface area contributed by atoms with Gasteiger partial charge in [-0.1, -0.05) is 0 Å². The zero-order chi connectivity index (χ0) is 16.3. The van der Waals surface area contributed by atoms with E-state index in [0.29, 0.717) is 6.08 Å². The van der Waals surface area contributed by atoms with Gasteiger partial charge >= 0.3 is 6.18 Å². The highest BCUT2D eigenvalue weighted by Crippen LogP contribution is 2.25. The van der Waals surface area contributed by atoms with E-state index in [1.807, 2.05) is 0 Å². The van der Waals surface area contributed by atoms with Gasteiger partial charge in [0.2, 0.25) is 0 Å². The van der Waals surface area contributed by atoms with Gasteiger partial charge in [0, 0.05) is 5.38 Å². The van der Waals surface area contributed by atoms with Gasteiger partial charge in [-0.2, -0.15) is 13.2 Å². The molecule has 0 spiro atoms. The van der Waals surface area contributed by atoms with Gasteiger partial charge in [-0.15, -0.1) is 11.3 Å². The molecule has 2 aromatic rings. The first-order valence-electron chi connectivity index (χ1n) is 5.82. The van der Waals surface area contributed by atoms with Crippen LogP contribution in [0, 0.1) is 0 Å². The third kappa shape index (κ3) is 3.76. The number of furan rings is 1. The minimum atomic E-state index is -4.68. The molecule has 0 aliphatic rings. The predicted octanol–water partition coefficient (Wildman–Crippen LogP) is 2.97. The Labute approximate surface area is 126 Å².